The van der Waals surface area contributed by atoms with Crippen LogP contribution in [0.4, 0.5) is 0 Å². The highest BCUT2D eigenvalue weighted by molar-refractivity contribution is 5.86. The number of hydrogen-bond donors (Lipinski definition) is 0. The van der Waals surface area contributed by atoms with Gasteiger partial charge in [-0.2, -0.15) is 0 Å². The van der Waals surface area contributed by atoms with Crippen molar-refractivity contribution >= 4 is 5.78 Å². The number of hydrogen-bond acceptors (Lipinski definition) is 1. The number of carbonyl (C=O) groups is 1. The van der Waals surface area contributed by atoms with Crippen LogP contribution in [-0.4, -0.2) is 5.78 Å². The van der Waals surface area contributed by atoms with Crippen molar-refractivity contribution in [1.29, 1.82) is 0 Å². The lowest BCUT2D eigenvalue weighted by molar-refractivity contribution is -0.146. The van der Waals surface area contributed by atoms with Crippen LogP contribution in [0.25, 0.3) is 0 Å². The van der Waals surface area contributed by atoms with Crippen molar-refractivity contribution in [3.63, 3.8) is 0 Å². The first-order valence-electron chi connectivity index (χ1n) is 5.35. The molecule has 0 amide bonds. The third-order valence-corrected chi connectivity index (χ3v) is 4.52. The third-order valence-electron chi connectivity index (χ3n) is 4.52. The van der Waals surface area contributed by atoms with Gasteiger partial charge in [0, 0.05) is 11.8 Å². The first-order valence-corrected chi connectivity index (χ1v) is 5.35. The van der Waals surface area contributed by atoms with Gasteiger partial charge in [-0.3, -0.25) is 4.79 Å². The van der Waals surface area contributed by atoms with Crippen molar-refractivity contribution in [3.8, 4) is 0 Å². The second-order valence-electron chi connectivity index (χ2n) is 5.40. The Labute approximate surface area is 79.2 Å². The van der Waals surface area contributed by atoms with Gasteiger partial charge in [-0.25, -0.2) is 0 Å². The summed E-state index contributed by atoms with van der Waals surface area (Å²) in [6.45, 7) is 4.41. The Hall–Kier alpha value is -0.590. The summed E-state index contributed by atoms with van der Waals surface area (Å²) in [5.74, 6) is 2.67. The standard InChI is InChI=1S/C12H16O/c1-7-5-8-3-4-12(2)6-9(10(8)12)11(7)13/h3-4,7-10H,5-6H2,1-2H3/t7?,8-,9-,10-,12+/m1/s1. The van der Waals surface area contributed by atoms with Crippen LogP contribution < -0.4 is 0 Å². The molecule has 5 atom stereocenters. The van der Waals surface area contributed by atoms with Gasteiger partial charge in [0.05, 0.1) is 0 Å². The number of carbonyl (C=O) groups excluding carboxylic acids is 1. The number of allylic oxidation sites excluding steroid dienone is 2. The molecule has 0 radical (unpaired) electrons. The monoisotopic (exact) mass is 176 g/mol. The molecular weight excluding hydrogens is 160 g/mol. The van der Waals surface area contributed by atoms with Crippen molar-refractivity contribution in [1.82, 2.24) is 0 Å². The molecule has 0 aromatic heterocycles. The number of Topliss-reactive ketones (excluding diaryl/α,β-unsaturated/α-hetero) is 1. The van der Waals surface area contributed by atoms with E-state index in [1.54, 1.807) is 0 Å². The summed E-state index contributed by atoms with van der Waals surface area (Å²) in [6, 6.07) is 0. The molecule has 70 valence electrons. The van der Waals surface area contributed by atoms with Crippen LogP contribution in [0.1, 0.15) is 26.7 Å². The molecule has 3 rings (SSSR count). The van der Waals surface area contributed by atoms with Crippen LogP contribution in [0.5, 0.6) is 0 Å². The molecule has 3 aliphatic carbocycles. The summed E-state index contributed by atoms with van der Waals surface area (Å²) in [4.78, 5) is 11.8. The maximum absolute atomic E-state index is 11.8. The van der Waals surface area contributed by atoms with Crippen molar-refractivity contribution < 1.29 is 4.79 Å². The molecule has 3 aliphatic rings. The minimum absolute atomic E-state index is 0.318. The van der Waals surface area contributed by atoms with Crippen LogP contribution >= 0.6 is 0 Å². The molecule has 0 aromatic carbocycles. The van der Waals surface area contributed by atoms with Gasteiger partial charge in [0.25, 0.3) is 0 Å². The Morgan fingerprint density at radius 3 is 3.08 bits per heavy atom. The topological polar surface area (TPSA) is 17.1 Å². The Morgan fingerprint density at radius 2 is 2.31 bits per heavy atom. The predicted molar refractivity (Wildman–Crippen MR) is 51.1 cm³/mol. The summed E-state index contributed by atoms with van der Waals surface area (Å²) < 4.78 is 0. The van der Waals surface area contributed by atoms with E-state index in [1.807, 2.05) is 0 Å². The first kappa shape index (κ1) is 7.78. The summed E-state index contributed by atoms with van der Waals surface area (Å²) in [7, 11) is 0. The van der Waals surface area contributed by atoms with Gasteiger partial charge < -0.3 is 0 Å². The molecule has 1 heteroatoms. The largest absolute Gasteiger partial charge is 0.299 e. The molecule has 0 spiro atoms. The van der Waals surface area contributed by atoms with E-state index in [-0.39, 0.29) is 0 Å². The van der Waals surface area contributed by atoms with Crippen LogP contribution in [0.2, 0.25) is 0 Å². The Bertz CT molecular complexity index is 304. The van der Waals surface area contributed by atoms with Crippen molar-refractivity contribution in [2.24, 2.45) is 29.1 Å². The molecule has 0 bridgehead atoms. The van der Waals surface area contributed by atoms with Gasteiger partial charge in [-0.05, 0) is 30.1 Å². The van der Waals surface area contributed by atoms with Crippen molar-refractivity contribution in [3.05, 3.63) is 12.2 Å². The zero-order valence-corrected chi connectivity index (χ0v) is 8.29. The minimum atomic E-state index is 0.318. The van der Waals surface area contributed by atoms with Gasteiger partial charge in [-0.1, -0.05) is 26.0 Å². The molecule has 0 aliphatic heterocycles. The van der Waals surface area contributed by atoms with E-state index in [1.165, 1.54) is 0 Å². The van der Waals surface area contributed by atoms with E-state index in [0.717, 1.165) is 18.8 Å². The van der Waals surface area contributed by atoms with Crippen molar-refractivity contribution in [2.75, 3.05) is 0 Å². The average Bonchev–Trinajstić information content (AvgIpc) is 2.30. The van der Waals surface area contributed by atoms with E-state index in [2.05, 4.69) is 26.0 Å². The quantitative estimate of drug-likeness (QED) is 0.518. The minimum Gasteiger partial charge on any atom is -0.299 e. The zero-order valence-electron chi connectivity index (χ0n) is 8.29. The fraction of sp³-hybridized carbons (Fsp3) is 0.750. The average molecular weight is 176 g/mol. The fourth-order valence-corrected chi connectivity index (χ4v) is 3.86. The Morgan fingerprint density at radius 1 is 1.54 bits per heavy atom. The van der Waals surface area contributed by atoms with Crippen LogP contribution in [0.15, 0.2) is 12.2 Å². The number of ketones is 1. The van der Waals surface area contributed by atoms with Crippen LogP contribution in [0, 0.1) is 29.1 Å². The highest BCUT2D eigenvalue weighted by Crippen LogP contribution is 2.63. The van der Waals surface area contributed by atoms with Crippen LogP contribution in [-0.2, 0) is 4.79 Å². The number of rotatable bonds is 0. The fourth-order valence-electron chi connectivity index (χ4n) is 3.86. The molecule has 2 fully saturated rings. The Kier molecular flexibility index (Phi) is 1.24. The molecule has 0 aromatic rings. The lowest BCUT2D eigenvalue weighted by atomic mass is 9.48. The SMILES string of the molecule is CC1C[C@H]2C=C[C@@]3(C)C[C@@H](C1=O)[C@@H]23. The predicted octanol–water partition coefficient (Wildman–Crippen LogP) is 2.42. The van der Waals surface area contributed by atoms with Gasteiger partial charge in [0.2, 0.25) is 0 Å². The maximum atomic E-state index is 11.8. The van der Waals surface area contributed by atoms with E-state index in [4.69, 9.17) is 0 Å². The summed E-state index contributed by atoms with van der Waals surface area (Å²) in [5.41, 5.74) is 0.394. The zero-order chi connectivity index (χ0) is 9.22. The second-order valence-corrected chi connectivity index (χ2v) is 5.40. The third kappa shape index (κ3) is 0.762. The van der Waals surface area contributed by atoms with Crippen molar-refractivity contribution in [2.45, 2.75) is 26.7 Å². The lowest BCUT2D eigenvalue weighted by Crippen LogP contribution is -2.53. The van der Waals surface area contributed by atoms with Gasteiger partial charge in [-0.15, -0.1) is 0 Å². The van der Waals surface area contributed by atoms with Gasteiger partial charge in [0.1, 0.15) is 5.78 Å². The van der Waals surface area contributed by atoms with Gasteiger partial charge in [0.15, 0.2) is 0 Å². The lowest BCUT2D eigenvalue weighted by Gasteiger charge is -2.54. The van der Waals surface area contributed by atoms with E-state index < -0.39 is 0 Å². The molecule has 1 nitrogen and oxygen atoms in total. The molecule has 0 heterocycles. The normalized spacial score (nSPS) is 57.5. The summed E-state index contributed by atoms with van der Waals surface area (Å²) >= 11 is 0. The Balaban J connectivity index is 1.97. The first-order chi connectivity index (χ1) is 6.12. The smallest absolute Gasteiger partial charge is 0.139 e. The highest BCUT2D eigenvalue weighted by atomic mass is 16.1. The van der Waals surface area contributed by atoms with E-state index >= 15 is 0 Å². The summed E-state index contributed by atoms with van der Waals surface area (Å²) in [5, 5.41) is 0. The van der Waals surface area contributed by atoms with Gasteiger partial charge >= 0.3 is 0 Å². The van der Waals surface area contributed by atoms with E-state index in [0.29, 0.717) is 29.0 Å². The van der Waals surface area contributed by atoms with E-state index in [9.17, 15) is 4.79 Å². The molecule has 13 heavy (non-hydrogen) atoms. The molecule has 0 N–H and O–H groups in total. The molecule has 1 unspecified atom stereocenters. The molecular formula is C12H16O. The maximum Gasteiger partial charge on any atom is 0.139 e. The summed E-state index contributed by atoms with van der Waals surface area (Å²) in [6.07, 6.45) is 6.96. The highest BCUT2D eigenvalue weighted by Gasteiger charge is 2.60. The molecule has 2 saturated carbocycles. The second kappa shape index (κ2) is 2.08. The van der Waals surface area contributed by atoms with Crippen LogP contribution in [0.3, 0.4) is 0 Å². The molecule has 0 saturated heterocycles.